The van der Waals surface area contributed by atoms with Crippen molar-refractivity contribution < 1.29 is 19.1 Å². The Bertz CT molecular complexity index is 765. The number of esters is 1. The zero-order valence-corrected chi connectivity index (χ0v) is 15.6. The van der Waals surface area contributed by atoms with Crippen LogP contribution in [0.15, 0.2) is 54.6 Å². The van der Waals surface area contributed by atoms with Gasteiger partial charge in [0.05, 0.1) is 6.61 Å². The molecule has 3 rings (SSSR count). The molecule has 0 radical (unpaired) electrons. The van der Waals surface area contributed by atoms with Crippen molar-refractivity contribution in [1.82, 2.24) is 5.32 Å². The number of rotatable bonds is 7. The first-order chi connectivity index (χ1) is 13.1. The van der Waals surface area contributed by atoms with Gasteiger partial charge in [-0.05, 0) is 49.6 Å². The zero-order valence-electron chi connectivity index (χ0n) is 15.6. The molecule has 1 aliphatic rings. The summed E-state index contributed by atoms with van der Waals surface area (Å²) in [5, 5.41) is 2.93. The number of para-hydroxylation sites is 1. The van der Waals surface area contributed by atoms with Crippen molar-refractivity contribution >= 4 is 11.9 Å². The molecular weight excluding hydrogens is 342 g/mol. The molecule has 0 bridgehead atoms. The number of carbonyl (C=O) groups excluding carboxylic acids is 2. The zero-order chi connectivity index (χ0) is 19.1. The van der Waals surface area contributed by atoms with Crippen molar-refractivity contribution in [3.63, 3.8) is 0 Å². The molecule has 0 heterocycles. The Labute approximate surface area is 159 Å². The number of hydrogen-bond acceptors (Lipinski definition) is 4. The third-order valence-electron chi connectivity index (χ3n) is 4.84. The minimum absolute atomic E-state index is 0.250. The lowest BCUT2D eigenvalue weighted by molar-refractivity contribution is -0.150. The third kappa shape index (κ3) is 4.67. The van der Waals surface area contributed by atoms with Gasteiger partial charge in [0, 0.05) is 5.56 Å². The monoisotopic (exact) mass is 367 g/mol. The number of nitrogens with one attached hydrogen (secondary N) is 1. The van der Waals surface area contributed by atoms with Gasteiger partial charge in [-0.3, -0.25) is 4.79 Å². The first-order valence-corrected chi connectivity index (χ1v) is 9.39. The predicted molar refractivity (Wildman–Crippen MR) is 103 cm³/mol. The van der Waals surface area contributed by atoms with Gasteiger partial charge in [0.1, 0.15) is 17.9 Å². The van der Waals surface area contributed by atoms with E-state index in [2.05, 4.69) is 5.32 Å². The van der Waals surface area contributed by atoms with Crippen LogP contribution in [0.1, 0.15) is 48.5 Å². The molecule has 142 valence electrons. The van der Waals surface area contributed by atoms with Gasteiger partial charge in [0.15, 0.2) is 0 Å². The van der Waals surface area contributed by atoms with Gasteiger partial charge >= 0.3 is 5.97 Å². The largest absolute Gasteiger partial charge is 0.489 e. The van der Waals surface area contributed by atoms with Crippen molar-refractivity contribution in [3.8, 4) is 5.75 Å². The Morgan fingerprint density at radius 2 is 1.67 bits per heavy atom. The molecule has 1 N–H and O–H groups in total. The van der Waals surface area contributed by atoms with Crippen LogP contribution in [0.5, 0.6) is 5.75 Å². The normalized spacial score (nSPS) is 15.1. The highest BCUT2D eigenvalue weighted by molar-refractivity contribution is 5.98. The van der Waals surface area contributed by atoms with Crippen LogP contribution in [0.25, 0.3) is 0 Å². The second-order valence-corrected chi connectivity index (χ2v) is 6.76. The van der Waals surface area contributed by atoms with E-state index in [1.807, 2.05) is 42.5 Å². The molecule has 2 aromatic carbocycles. The Hall–Kier alpha value is -2.82. The van der Waals surface area contributed by atoms with E-state index in [-0.39, 0.29) is 11.9 Å². The quantitative estimate of drug-likeness (QED) is 0.755. The molecule has 0 aromatic heterocycles. The molecule has 27 heavy (non-hydrogen) atoms. The first kappa shape index (κ1) is 19.0. The number of hydrogen-bond donors (Lipinski definition) is 1. The molecule has 0 atom stereocenters. The highest BCUT2D eigenvalue weighted by atomic mass is 16.5. The average Bonchev–Trinajstić information content (AvgIpc) is 3.17. The van der Waals surface area contributed by atoms with Crippen LogP contribution in [-0.4, -0.2) is 24.0 Å². The number of amides is 1. The summed E-state index contributed by atoms with van der Waals surface area (Å²) < 4.78 is 10.9. The summed E-state index contributed by atoms with van der Waals surface area (Å²) >= 11 is 0. The fourth-order valence-electron chi connectivity index (χ4n) is 3.35. The van der Waals surface area contributed by atoms with E-state index in [1.54, 1.807) is 19.1 Å². The van der Waals surface area contributed by atoms with Crippen LogP contribution in [-0.2, 0) is 16.1 Å². The smallest absolute Gasteiger partial charge is 0.331 e. The molecule has 0 saturated heterocycles. The molecular formula is C22H25NO4. The molecule has 2 aromatic rings. The lowest BCUT2D eigenvalue weighted by atomic mass is 9.97. The van der Waals surface area contributed by atoms with Gasteiger partial charge < -0.3 is 14.8 Å². The molecule has 0 unspecified atom stereocenters. The van der Waals surface area contributed by atoms with Crippen molar-refractivity contribution in [2.24, 2.45) is 0 Å². The fraction of sp³-hybridized carbons (Fsp3) is 0.364. The Kier molecular flexibility index (Phi) is 6.12. The van der Waals surface area contributed by atoms with Crippen LogP contribution >= 0.6 is 0 Å². The molecule has 5 heteroatoms. The second kappa shape index (κ2) is 8.71. The van der Waals surface area contributed by atoms with E-state index < -0.39 is 5.54 Å². The minimum atomic E-state index is -0.887. The van der Waals surface area contributed by atoms with Gasteiger partial charge in [-0.15, -0.1) is 0 Å². The topological polar surface area (TPSA) is 64.6 Å². The van der Waals surface area contributed by atoms with Crippen molar-refractivity contribution in [1.29, 1.82) is 0 Å². The van der Waals surface area contributed by atoms with Gasteiger partial charge in [-0.1, -0.05) is 43.2 Å². The summed E-state index contributed by atoms with van der Waals surface area (Å²) in [6, 6.07) is 16.8. The Morgan fingerprint density at radius 3 is 2.30 bits per heavy atom. The molecule has 0 aliphatic heterocycles. The molecule has 1 amide bonds. The van der Waals surface area contributed by atoms with E-state index in [0.717, 1.165) is 24.2 Å². The Morgan fingerprint density at radius 1 is 1.00 bits per heavy atom. The number of benzene rings is 2. The summed E-state index contributed by atoms with van der Waals surface area (Å²) in [7, 11) is 0. The Balaban J connectivity index is 1.62. The fourth-order valence-corrected chi connectivity index (χ4v) is 3.35. The van der Waals surface area contributed by atoms with Crippen LogP contribution in [0.2, 0.25) is 0 Å². The maximum absolute atomic E-state index is 12.7. The summed E-state index contributed by atoms with van der Waals surface area (Å²) in [5.41, 5.74) is 0.604. The lowest BCUT2D eigenvalue weighted by Gasteiger charge is -2.27. The maximum Gasteiger partial charge on any atom is 0.331 e. The minimum Gasteiger partial charge on any atom is -0.489 e. The van der Waals surface area contributed by atoms with Gasteiger partial charge in [-0.25, -0.2) is 4.79 Å². The number of ether oxygens (including phenoxy) is 2. The highest BCUT2D eigenvalue weighted by Crippen LogP contribution is 2.31. The SMILES string of the molecule is CCOC(=O)C1(NC(=O)c2ccc(COc3ccccc3)cc2)CCCC1. The maximum atomic E-state index is 12.7. The van der Waals surface area contributed by atoms with E-state index in [0.29, 0.717) is 31.6 Å². The summed E-state index contributed by atoms with van der Waals surface area (Å²) in [6.45, 7) is 2.52. The molecule has 1 saturated carbocycles. The van der Waals surface area contributed by atoms with E-state index in [9.17, 15) is 9.59 Å². The standard InChI is InChI=1S/C22H25NO4/c1-2-26-21(25)22(14-6-7-15-22)23-20(24)18-12-10-17(11-13-18)16-27-19-8-4-3-5-9-19/h3-5,8-13H,2,6-7,14-16H2,1H3,(H,23,24). The van der Waals surface area contributed by atoms with Gasteiger partial charge in [0.25, 0.3) is 5.91 Å². The number of carbonyl (C=O) groups is 2. The van der Waals surface area contributed by atoms with E-state index in [1.165, 1.54) is 0 Å². The van der Waals surface area contributed by atoms with Crippen LogP contribution < -0.4 is 10.1 Å². The molecule has 1 aliphatic carbocycles. The van der Waals surface area contributed by atoms with Crippen LogP contribution in [0.4, 0.5) is 0 Å². The first-order valence-electron chi connectivity index (χ1n) is 9.39. The molecule has 1 fully saturated rings. The van der Waals surface area contributed by atoms with Crippen molar-refractivity contribution in [3.05, 3.63) is 65.7 Å². The van der Waals surface area contributed by atoms with Gasteiger partial charge in [-0.2, -0.15) is 0 Å². The average molecular weight is 367 g/mol. The summed E-state index contributed by atoms with van der Waals surface area (Å²) in [4.78, 5) is 25.0. The van der Waals surface area contributed by atoms with E-state index >= 15 is 0 Å². The highest BCUT2D eigenvalue weighted by Gasteiger charge is 2.43. The van der Waals surface area contributed by atoms with Crippen molar-refractivity contribution in [2.75, 3.05) is 6.61 Å². The summed E-state index contributed by atoms with van der Waals surface area (Å²) in [5.74, 6) is 0.223. The van der Waals surface area contributed by atoms with Crippen LogP contribution in [0.3, 0.4) is 0 Å². The lowest BCUT2D eigenvalue weighted by Crippen LogP contribution is -2.53. The summed E-state index contributed by atoms with van der Waals surface area (Å²) in [6.07, 6.45) is 3.07. The molecule has 0 spiro atoms. The third-order valence-corrected chi connectivity index (χ3v) is 4.84. The van der Waals surface area contributed by atoms with Crippen molar-refractivity contribution in [2.45, 2.75) is 44.8 Å². The second-order valence-electron chi connectivity index (χ2n) is 6.76. The molecule has 5 nitrogen and oxygen atoms in total. The van der Waals surface area contributed by atoms with Crippen LogP contribution in [0, 0.1) is 0 Å². The predicted octanol–water partition coefficient (Wildman–Crippen LogP) is 3.87. The van der Waals surface area contributed by atoms with E-state index in [4.69, 9.17) is 9.47 Å². The van der Waals surface area contributed by atoms with Gasteiger partial charge in [0.2, 0.25) is 0 Å².